The van der Waals surface area contributed by atoms with Gasteiger partial charge in [0.05, 0.1) is 16.0 Å². The van der Waals surface area contributed by atoms with Gasteiger partial charge >= 0.3 is 0 Å². The Hall–Kier alpha value is -1.03. The third kappa shape index (κ3) is 2.38. The fraction of sp³-hybridized carbons (Fsp3) is 0.417. The van der Waals surface area contributed by atoms with E-state index in [-0.39, 0.29) is 5.78 Å². The average molecular weight is 240 g/mol. The van der Waals surface area contributed by atoms with Crippen LogP contribution in [0.2, 0.25) is 0 Å². The molecule has 1 aliphatic rings. The lowest BCUT2D eigenvalue weighted by Crippen LogP contribution is -2.29. The van der Waals surface area contributed by atoms with Crippen molar-refractivity contribution in [1.82, 2.24) is 0 Å². The highest BCUT2D eigenvalue weighted by atomic mass is 32.2. The zero-order valence-electron chi connectivity index (χ0n) is 8.82. The molecule has 0 aromatic heterocycles. The minimum absolute atomic E-state index is 0.0499. The van der Waals surface area contributed by atoms with Crippen LogP contribution < -0.4 is 0 Å². The Morgan fingerprint density at radius 2 is 2.12 bits per heavy atom. The summed E-state index contributed by atoms with van der Waals surface area (Å²) < 4.78 is 25.1. The van der Waals surface area contributed by atoms with Crippen molar-refractivity contribution in [3.05, 3.63) is 30.1 Å². The minimum Gasteiger partial charge on any atom is -0.298 e. The number of hydrogen-bond acceptors (Lipinski definition) is 2. The molecule has 0 amide bonds. The summed E-state index contributed by atoms with van der Waals surface area (Å²) in [6.45, 7) is 0. The van der Waals surface area contributed by atoms with E-state index in [1.807, 2.05) is 0 Å². The minimum atomic E-state index is -1.40. The van der Waals surface area contributed by atoms with Crippen molar-refractivity contribution in [2.45, 2.75) is 35.8 Å². The molecule has 0 bridgehead atoms. The second kappa shape index (κ2) is 4.87. The predicted molar refractivity (Wildman–Crippen MR) is 60.1 cm³/mol. The molecular weight excluding hydrogens is 227 g/mol. The molecule has 4 heteroatoms. The Morgan fingerprint density at radius 3 is 2.81 bits per heavy atom. The van der Waals surface area contributed by atoms with Crippen LogP contribution in [0.15, 0.2) is 29.2 Å². The van der Waals surface area contributed by atoms with E-state index in [1.54, 1.807) is 6.07 Å². The second-order valence-electron chi connectivity index (χ2n) is 3.96. The Balaban J connectivity index is 2.21. The van der Waals surface area contributed by atoms with Gasteiger partial charge in [0.2, 0.25) is 0 Å². The van der Waals surface area contributed by atoms with Gasteiger partial charge in [0.15, 0.2) is 0 Å². The highest BCUT2D eigenvalue weighted by molar-refractivity contribution is 7.86. The summed E-state index contributed by atoms with van der Waals surface area (Å²) >= 11 is 0. The summed E-state index contributed by atoms with van der Waals surface area (Å²) in [4.78, 5) is 12.0. The van der Waals surface area contributed by atoms with Crippen molar-refractivity contribution in [3.8, 4) is 0 Å². The number of hydrogen-bond donors (Lipinski definition) is 0. The van der Waals surface area contributed by atoms with E-state index in [1.165, 1.54) is 18.2 Å². The molecule has 86 valence electrons. The van der Waals surface area contributed by atoms with Crippen molar-refractivity contribution in [2.75, 3.05) is 0 Å². The molecule has 1 aliphatic carbocycles. The first-order valence-electron chi connectivity index (χ1n) is 5.37. The number of carbonyl (C=O) groups is 1. The zero-order chi connectivity index (χ0) is 11.5. The summed E-state index contributed by atoms with van der Waals surface area (Å²) in [6, 6.07) is 5.69. The molecule has 0 saturated heterocycles. The van der Waals surface area contributed by atoms with Crippen LogP contribution in [0.4, 0.5) is 4.39 Å². The van der Waals surface area contributed by atoms with Gasteiger partial charge in [-0.1, -0.05) is 12.5 Å². The average Bonchev–Trinajstić information content (AvgIpc) is 2.29. The molecule has 1 saturated carbocycles. The number of ketones is 1. The van der Waals surface area contributed by atoms with Crippen LogP contribution in [0.5, 0.6) is 0 Å². The molecule has 1 aromatic carbocycles. The number of halogens is 1. The van der Waals surface area contributed by atoms with Crippen LogP contribution in [0.25, 0.3) is 0 Å². The topological polar surface area (TPSA) is 34.1 Å². The number of carbonyl (C=O) groups excluding carboxylic acids is 1. The fourth-order valence-electron chi connectivity index (χ4n) is 1.93. The van der Waals surface area contributed by atoms with Crippen molar-refractivity contribution >= 4 is 16.6 Å². The first kappa shape index (κ1) is 11.5. The van der Waals surface area contributed by atoms with Gasteiger partial charge in [-0.25, -0.2) is 4.39 Å². The Labute approximate surface area is 96.3 Å². The van der Waals surface area contributed by atoms with Crippen molar-refractivity contribution in [3.63, 3.8) is 0 Å². The summed E-state index contributed by atoms with van der Waals surface area (Å²) in [7, 11) is -1.40. The number of benzene rings is 1. The third-order valence-electron chi connectivity index (χ3n) is 2.79. The normalized spacial score (nSPS) is 23.1. The lowest BCUT2D eigenvalue weighted by molar-refractivity contribution is -0.119. The number of Topliss-reactive ketones (excluding diaryl/α,β-unsaturated/α-hetero) is 1. The van der Waals surface area contributed by atoms with Gasteiger partial charge in [-0.2, -0.15) is 0 Å². The number of rotatable bonds is 2. The molecular formula is C12H13FO2S. The van der Waals surface area contributed by atoms with E-state index in [9.17, 15) is 13.4 Å². The molecule has 0 spiro atoms. The van der Waals surface area contributed by atoms with E-state index in [0.29, 0.717) is 17.7 Å². The van der Waals surface area contributed by atoms with E-state index in [0.717, 1.165) is 12.8 Å². The lowest BCUT2D eigenvalue weighted by Gasteiger charge is -2.19. The Kier molecular flexibility index (Phi) is 3.49. The summed E-state index contributed by atoms with van der Waals surface area (Å²) in [5.74, 6) is -0.358. The molecule has 0 aliphatic heterocycles. The van der Waals surface area contributed by atoms with Crippen LogP contribution in [-0.2, 0) is 15.6 Å². The Bertz CT molecular complexity index is 431. The standard InChI is InChI=1S/C12H13FO2S/c13-9-4-3-5-10(8-9)16(15)12-7-2-1-6-11(12)14/h3-5,8,12H,1-2,6-7H2. The van der Waals surface area contributed by atoms with Crippen LogP contribution >= 0.6 is 0 Å². The van der Waals surface area contributed by atoms with E-state index >= 15 is 0 Å². The van der Waals surface area contributed by atoms with Crippen molar-refractivity contribution in [1.29, 1.82) is 0 Å². The zero-order valence-corrected chi connectivity index (χ0v) is 9.63. The second-order valence-corrected chi connectivity index (χ2v) is 5.59. The van der Waals surface area contributed by atoms with E-state index < -0.39 is 21.9 Å². The molecule has 2 nitrogen and oxygen atoms in total. The quantitative estimate of drug-likeness (QED) is 0.795. The van der Waals surface area contributed by atoms with Crippen molar-refractivity contribution in [2.24, 2.45) is 0 Å². The SMILES string of the molecule is O=C1CCCCC1S(=O)c1cccc(F)c1. The first-order valence-corrected chi connectivity index (χ1v) is 6.58. The molecule has 0 radical (unpaired) electrons. The monoisotopic (exact) mass is 240 g/mol. The van der Waals surface area contributed by atoms with E-state index in [4.69, 9.17) is 0 Å². The molecule has 0 N–H and O–H groups in total. The molecule has 2 rings (SSSR count). The molecule has 1 aromatic rings. The van der Waals surface area contributed by atoms with E-state index in [2.05, 4.69) is 0 Å². The van der Waals surface area contributed by atoms with Gasteiger partial charge in [0.25, 0.3) is 0 Å². The van der Waals surface area contributed by atoms with Crippen LogP contribution in [-0.4, -0.2) is 15.2 Å². The smallest absolute Gasteiger partial charge is 0.148 e. The van der Waals surface area contributed by atoms with Crippen LogP contribution in [0.3, 0.4) is 0 Å². The van der Waals surface area contributed by atoms with Gasteiger partial charge in [0, 0.05) is 11.3 Å². The molecule has 1 fully saturated rings. The maximum absolute atomic E-state index is 13.0. The summed E-state index contributed by atoms with van der Waals surface area (Å²) in [6.07, 6.45) is 2.97. The molecule has 0 heterocycles. The molecule has 2 atom stereocenters. The van der Waals surface area contributed by atoms with Gasteiger partial charge in [0.1, 0.15) is 11.6 Å². The summed E-state index contributed by atoms with van der Waals surface area (Å²) in [5, 5.41) is -0.435. The highest BCUT2D eigenvalue weighted by Gasteiger charge is 2.28. The van der Waals surface area contributed by atoms with Gasteiger partial charge in [-0.05, 0) is 31.0 Å². The molecule has 2 unspecified atom stereocenters. The molecule has 16 heavy (non-hydrogen) atoms. The first-order chi connectivity index (χ1) is 7.68. The maximum Gasteiger partial charge on any atom is 0.148 e. The van der Waals surface area contributed by atoms with Crippen molar-refractivity contribution < 1.29 is 13.4 Å². The van der Waals surface area contributed by atoms with Gasteiger partial charge in [-0.15, -0.1) is 0 Å². The van der Waals surface area contributed by atoms with Gasteiger partial charge in [-0.3, -0.25) is 9.00 Å². The summed E-state index contributed by atoms with van der Waals surface area (Å²) in [5.41, 5.74) is 0. The Morgan fingerprint density at radius 1 is 1.31 bits per heavy atom. The fourth-order valence-corrected chi connectivity index (χ4v) is 3.44. The third-order valence-corrected chi connectivity index (χ3v) is 4.52. The van der Waals surface area contributed by atoms with Crippen LogP contribution in [0.1, 0.15) is 25.7 Å². The predicted octanol–water partition coefficient (Wildman–Crippen LogP) is 2.45. The largest absolute Gasteiger partial charge is 0.298 e. The lowest BCUT2D eigenvalue weighted by atomic mass is 9.99. The maximum atomic E-state index is 13.0. The van der Waals surface area contributed by atoms with Crippen LogP contribution in [0, 0.1) is 5.82 Å². The highest BCUT2D eigenvalue weighted by Crippen LogP contribution is 2.23. The van der Waals surface area contributed by atoms with Gasteiger partial charge < -0.3 is 0 Å².